The predicted molar refractivity (Wildman–Crippen MR) is 108 cm³/mol. The van der Waals surface area contributed by atoms with Crippen LogP contribution in [0.4, 0.5) is 18.9 Å². The molecule has 31 heavy (non-hydrogen) atoms. The molecule has 2 heterocycles. The minimum Gasteiger partial charge on any atom is -0.468 e. The number of halogens is 3. The normalized spacial score (nSPS) is 18.3. The van der Waals surface area contributed by atoms with Gasteiger partial charge in [-0.2, -0.15) is 13.2 Å². The van der Waals surface area contributed by atoms with Crippen molar-refractivity contribution in [3.63, 3.8) is 0 Å². The van der Waals surface area contributed by atoms with E-state index in [1.165, 1.54) is 24.1 Å². The van der Waals surface area contributed by atoms with Gasteiger partial charge in [0.1, 0.15) is 6.54 Å². The number of esters is 1. The minimum atomic E-state index is -4.37. The molecule has 2 aromatic rings. The highest BCUT2D eigenvalue weighted by atomic mass is 19.4. The number of carbonyl (C=O) groups is 2. The van der Waals surface area contributed by atoms with Crippen molar-refractivity contribution in [1.82, 2.24) is 4.90 Å². The highest BCUT2D eigenvalue weighted by Crippen LogP contribution is 2.48. The average molecular weight is 432 g/mol. The number of rotatable bonds is 4. The van der Waals surface area contributed by atoms with Crippen molar-refractivity contribution in [2.45, 2.75) is 31.0 Å². The highest BCUT2D eigenvalue weighted by molar-refractivity contribution is 6.10. The van der Waals surface area contributed by atoms with Crippen LogP contribution in [-0.4, -0.2) is 43.5 Å². The number of para-hydroxylation sites is 1. The summed E-state index contributed by atoms with van der Waals surface area (Å²) in [5, 5.41) is 0. The van der Waals surface area contributed by atoms with Crippen molar-refractivity contribution in [3.8, 4) is 0 Å². The molecule has 1 amide bonds. The summed E-state index contributed by atoms with van der Waals surface area (Å²) in [6.45, 7) is 1.40. The standard InChI is InChI=1S/C23H23F3N2O3/c1-31-20(29)15-28-19-8-3-2-7-18(19)22(21(28)30)9-11-27(12-10-22)14-16-5-4-6-17(13-16)23(24,25)26/h2-8,13H,9-12,14-15H2,1H3. The fraction of sp³-hybridized carbons (Fsp3) is 0.391. The molecule has 0 aliphatic carbocycles. The Morgan fingerprint density at radius 1 is 1.10 bits per heavy atom. The lowest BCUT2D eigenvalue weighted by Gasteiger charge is -2.38. The number of carbonyl (C=O) groups excluding carboxylic acids is 2. The van der Waals surface area contributed by atoms with Crippen LogP contribution in [0.15, 0.2) is 48.5 Å². The second-order valence-corrected chi connectivity index (χ2v) is 8.04. The van der Waals surface area contributed by atoms with Crippen LogP contribution in [0.25, 0.3) is 0 Å². The van der Waals surface area contributed by atoms with Gasteiger partial charge < -0.3 is 9.64 Å². The lowest BCUT2D eigenvalue weighted by atomic mass is 9.73. The van der Waals surface area contributed by atoms with Crippen LogP contribution >= 0.6 is 0 Å². The Labute approximate surface area is 178 Å². The number of hydrogen-bond acceptors (Lipinski definition) is 4. The van der Waals surface area contributed by atoms with Crippen molar-refractivity contribution in [2.24, 2.45) is 0 Å². The van der Waals surface area contributed by atoms with Gasteiger partial charge in [0.2, 0.25) is 5.91 Å². The Bertz CT molecular complexity index is 998. The molecule has 2 aromatic carbocycles. The number of nitrogens with zero attached hydrogens (tertiary/aromatic N) is 2. The van der Waals surface area contributed by atoms with E-state index in [2.05, 4.69) is 4.90 Å². The Hall–Kier alpha value is -2.87. The van der Waals surface area contributed by atoms with E-state index in [9.17, 15) is 22.8 Å². The van der Waals surface area contributed by atoms with E-state index in [1.807, 2.05) is 24.3 Å². The Kier molecular flexibility index (Phi) is 5.51. The Morgan fingerprint density at radius 2 is 1.81 bits per heavy atom. The first-order valence-corrected chi connectivity index (χ1v) is 10.1. The van der Waals surface area contributed by atoms with Crippen LogP contribution in [0.1, 0.15) is 29.5 Å². The number of ether oxygens (including phenoxy) is 1. The molecule has 0 aromatic heterocycles. The van der Waals surface area contributed by atoms with Gasteiger partial charge in [-0.15, -0.1) is 0 Å². The molecule has 1 spiro atoms. The number of methoxy groups -OCH3 is 1. The van der Waals surface area contributed by atoms with Crippen LogP contribution in [0.5, 0.6) is 0 Å². The number of hydrogen-bond donors (Lipinski definition) is 0. The molecular weight excluding hydrogens is 409 g/mol. The third kappa shape index (κ3) is 3.92. The molecule has 0 N–H and O–H groups in total. The number of benzene rings is 2. The second kappa shape index (κ2) is 8.00. The number of likely N-dealkylation sites (tertiary alicyclic amines) is 1. The summed E-state index contributed by atoms with van der Waals surface area (Å²) < 4.78 is 43.7. The molecule has 0 saturated carbocycles. The van der Waals surface area contributed by atoms with Gasteiger partial charge in [-0.25, -0.2) is 0 Å². The molecule has 0 bridgehead atoms. The summed E-state index contributed by atoms with van der Waals surface area (Å²) in [5.74, 6) is -0.597. The number of alkyl halides is 3. The Morgan fingerprint density at radius 3 is 2.48 bits per heavy atom. The summed E-state index contributed by atoms with van der Waals surface area (Å²) in [7, 11) is 1.29. The van der Waals surface area contributed by atoms with Gasteiger partial charge in [-0.1, -0.05) is 36.4 Å². The number of anilines is 1. The van der Waals surface area contributed by atoms with Crippen molar-refractivity contribution < 1.29 is 27.5 Å². The summed E-state index contributed by atoms with van der Waals surface area (Å²) in [4.78, 5) is 28.8. The monoisotopic (exact) mass is 432 g/mol. The maximum absolute atomic E-state index is 13.4. The van der Waals surface area contributed by atoms with Crippen molar-refractivity contribution in [3.05, 3.63) is 65.2 Å². The lowest BCUT2D eigenvalue weighted by molar-refractivity contribution is -0.140. The third-order valence-electron chi connectivity index (χ3n) is 6.25. The largest absolute Gasteiger partial charge is 0.468 e. The molecule has 0 unspecified atom stereocenters. The van der Waals surface area contributed by atoms with Gasteiger partial charge in [-0.3, -0.25) is 14.5 Å². The van der Waals surface area contributed by atoms with E-state index in [0.717, 1.165) is 17.3 Å². The molecule has 164 valence electrons. The van der Waals surface area contributed by atoms with Crippen LogP contribution < -0.4 is 4.90 Å². The van der Waals surface area contributed by atoms with Gasteiger partial charge in [0, 0.05) is 12.2 Å². The molecule has 2 aliphatic rings. The lowest BCUT2D eigenvalue weighted by Crippen LogP contribution is -2.49. The van der Waals surface area contributed by atoms with Gasteiger partial charge in [-0.05, 0) is 49.2 Å². The topological polar surface area (TPSA) is 49.9 Å². The van der Waals surface area contributed by atoms with E-state index in [-0.39, 0.29) is 12.5 Å². The van der Waals surface area contributed by atoms with Gasteiger partial charge in [0.15, 0.2) is 0 Å². The van der Waals surface area contributed by atoms with Crippen LogP contribution in [0, 0.1) is 0 Å². The van der Waals surface area contributed by atoms with E-state index in [4.69, 9.17) is 4.74 Å². The molecule has 0 radical (unpaired) electrons. The summed E-state index contributed by atoms with van der Waals surface area (Å²) in [6.07, 6.45) is -3.29. The van der Waals surface area contributed by atoms with Crippen LogP contribution in [0.3, 0.4) is 0 Å². The van der Waals surface area contributed by atoms with E-state index in [1.54, 1.807) is 6.07 Å². The number of fused-ring (bicyclic) bond motifs is 2. The minimum absolute atomic E-state index is 0.113. The SMILES string of the molecule is COC(=O)CN1C(=O)C2(CCN(Cc3cccc(C(F)(F)F)c3)CC2)c2ccccc21. The molecule has 5 nitrogen and oxygen atoms in total. The number of amides is 1. The highest BCUT2D eigenvalue weighted by Gasteiger charge is 2.52. The average Bonchev–Trinajstić information content (AvgIpc) is 2.98. The summed E-state index contributed by atoms with van der Waals surface area (Å²) in [6, 6.07) is 12.8. The maximum atomic E-state index is 13.4. The van der Waals surface area contributed by atoms with Gasteiger partial charge in [0.25, 0.3) is 0 Å². The summed E-state index contributed by atoms with van der Waals surface area (Å²) >= 11 is 0. The molecule has 1 fully saturated rings. The fourth-order valence-electron chi connectivity index (χ4n) is 4.63. The van der Waals surface area contributed by atoms with E-state index < -0.39 is 23.1 Å². The molecule has 4 rings (SSSR count). The molecule has 0 atom stereocenters. The zero-order chi connectivity index (χ0) is 22.2. The Balaban J connectivity index is 1.51. The maximum Gasteiger partial charge on any atom is 0.416 e. The van der Waals surface area contributed by atoms with Crippen molar-refractivity contribution in [1.29, 1.82) is 0 Å². The van der Waals surface area contributed by atoms with Gasteiger partial charge >= 0.3 is 12.1 Å². The third-order valence-corrected chi connectivity index (χ3v) is 6.25. The van der Waals surface area contributed by atoms with Crippen molar-refractivity contribution >= 4 is 17.6 Å². The fourth-order valence-corrected chi connectivity index (χ4v) is 4.63. The number of piperidine rings is 1. The summed E-state index contributed by atoms with van der Waals surface area (Å²) in [5.41, 5.74) is 0.856. The van der Waals surface area contributed by atoms with E-state index in [0.29, 0.717) is 38.0 Å². The first kappa shape index (κ1) is 21.4. The smallest absolute Gasteiger partial charge is 0.416 e. The first-order valence-electron chi connectivity index (χ1n) is 10.1. The second-order valence-electron chi connectivity index (χ2n) is 8.04. The van der Waals surface area contributed by atoms with Crippen molar-refractivity contribution in [2.75, 3.05) is 31.6 Å². The molecular formula is C23H23F3N2O3. The zero-order valence-corrected chi connectivity index (χ0v) is 17.1. The van der Waals surface area contributed by atoms with Crippen LogP contribution in [0.2, 0.25) is 0 Å². The van der Waals surface area contributed by atoms with E-state index >= 15 is 0 Å². The molecule has 2 aliphatic heterocycles. The van der Waals surface area contributed by atoms with Gasteiger partial charge in [0.05, 0.1) is 18.1 Å². The quantitative estimate of drug-likeness (QED) is 0.691. The van der Waals surface area contributed by atoms with Crippen LogP contribution in [-0.2, 0) is 32.5 Å². The zero-order valence-electron chi connectivity index (χ0n) is 17.1. The predicted octanol–water partition coefficient (Wildman–Crippen LogP) is 3.76. The molecule has 1 saturated heterocycles. The first-order chi connectivity index (χ1) is 14.7. The molecule has 8 heteroatoms.